The Bertz CT molecular complexity index is 459. The summed E-state index contributed by atoms with van der Waals surface area (Å²) in [6.07, 6.45) is 9.68. The van der Waals surface area contributed by atoms with E-state index < -0.39 is 0 Å². The standard InChI is InChI=1S/C18H26O2/c1-18(2,3)20-15(19)9-12-7-13-8-14(12)17-11-5-4-10(6-11)16(13)17/h4-5,10-14,16-17H,6-9H2,1-3H3. The molecular weight excluding hydrogens is 248 g/mol. The van der Waals surface area contributed by atoms with Crippen LogP contribution < -0.4 is 0 Å². The second-order valence-corrected chi connectivity index (χ2v) is 8.55. The summed E-state index contributed by atoms with van der Waals surface area (Å²) in [6.45, 7) is 5.88. The van der Waals surface area contributed by atoms with Crippen LogP contribution in [0, 0.1) is 41.4 Å². The first-order valence-corrected chi connectivity index (χ1v) is 8.32. The number of carbonyl (C=O) groups is 1. The molecule has 4 rings (SSSR count). The summed E-state index contributed by atoms with van der Waals surface area (Å²) >= 11 is 0. The van der Waals surface area contributed by atoms with Crippen LogP contribution in [-0.4, -0.2) is 11.6 Å². The van der Waals surface area contributed by atoms with Crippen molar-refractivity contribution in [3.8, 4) is 0 Å². The van der Waals surface area contributed by atoms with Crippen LogP contribution in [0.2, 0.25) is 0 Å². The van der Waals surface area contributed by atoms with E-state index in [1.165, 1.54) is 19.3 Å². The highest BCUT2D eigenvalue weighted by Crippen LogP contribution is 2.67. The predicted molar refractivity (Wildman–Crippen MR) is 77.9 cm³/mol. The highest BCUT2D eigenvalue weighted by Gasteiger charge is 2.60. The highest BCUT2D eigenvalue weighted by molar-refractivity contribution is 5.70. The van der Waals surface area contributed by atoms with Crippen molar-refractivity contribution in [1.29, 1.82) is 0 Å². The molecule has 20 heavy (non-hydrogen) atoms. The lowest BCUT2D eigenvalue weighted by Gasteiger charge is -2.36. The van der Waals surface area contributed by atoms with Crippen molar-refractivity contribution < 1.29 is 9.53 Å². The van der Waals surface area contributed by atoms with E-state index in [0.29, 0.717) is 12.3 Å². The van der Waals surface area contributed by atoms with Gasteiger partial charge in [0.2, 0.25) is 0 Å². The van der Waals surface area contributed by atoms with Crippen LogP contribution in [0.15, 0.2) is 12.2 Å². The molecule has 0 radical (unpaired) electrons. The topological polar surface area (TPSA) is 26.3 Å². The Kier molecular flexibility index (Phi) is 2.66. The predicted octanol–water partition coefficient (Wildman–Crippen LogP) is 3.81. The van der Waals surface area contributed by atoms with Crippen LogP contribution >= 0.6 is 0 Å². The summed E-state index contributed by atoms with van der Waals surface area (Å²) in [5.41, 5.74) is -0.341. The molecule has 2 heteroatoms. The Hall–Kier alpha value is -0.790. The van der Waals surface area contributed by atoms with Gasteiger partial charge in [-0.1, -0.05) is 12.2 Å². The van der Waals surface area contributed by atoms with Crippen LogP contribution in [0.3, 0.4) is 0 Å². The molecule has 0 spiro atoms. The normalized spacial score (nSPS) is 47.9. The number of esters is 1. The number of allylic oxidation sites excluding steroid dienone is 2. The van der Waals surface area contributed by atoms with Gasteiger partial charge >= 0.3 is 5.97 Å². The molecule has 0 heterocycles. The Morgan fingerprint density at radius 2 is 1.80 bits per heavy atom. The van der Waals surface area contributed by atoms with E-state index in [4.69, 9.17) is 4.74 Å². The Morgan fingerprint density at radius 1 is 1.10 bits per heavy atom. The first-order chi connectivity index (χ1) is 9.42. The molecule has 0 aromatic heterocycles. The molecule has 3 saturated carbocycles. The molecule has 4 aliphatic rings. The average molecular weight is 274 g/mol. The van der Waals surface area contributed by atoms with Gasteiger partial charge in [0.25, 0.3) is 0 Å². The molecule has 0 aromatic rings. The summed E-state index contributed by atoms with van der Waals surface area (Å²) in [7, 11) is 0. The third kappa shape index (κ3) is 1.87. The van der Waals surface area contributed by atoms with Gasteiger partial charge in [-0.25, -0.2) is 0 Å². The fourth-order valence-corrected chi connectivity index (χ4v) is 5.98. The van der Waals surface area contributed by atoms with E-state index >= 15 is 0 Å². The van der Waals surface area contributed by atoms with Gasteiger partial charge in [0, 0.05) is 6.42 Å². The summed E-state index contributed by atoms with van der Waals surface area (Å²) in [6, 6.07) is 0. The van der Waals surface area contributed by atoms with Crippen LogP contribution in [0.1, 0.15) is 46.5 Å². The maximum absolute atomic E-state index is 12.1. The maximum Gasteiger partial charge on any atom is 0.306 e. The number of carbonyl (C=O) groups excluding carboxylic acids is 1. The Labute approximate surface area is 122 Å². The fraction of sp³-hybridized carbons (Fsp3) is 0.833. The average Bonchev–Trinajstić information content (AvgIpc) is 3.03. The lowest BCUT2D eigenvalue weighted by molar-refractivity contribution is -0.156. The van der Waals surface area contributed by atoms with E-state index in [9.17, 15) is 4.79 Å². The smallest absolute Gasteiger partial charge is 0.306 e. The number of fused-ring (bicyclic) bond motifs is 9. The summed E-state index contributed by atoms with van der Waals surface area (Å²) in [4.78, 5) is 12.1. The lowest BCUT2D eigenvalue weighted by atomic mass is 9.69. The zero-order valence-corrected chi connectivity index (χ0v) is 12.8. The third-order valence-corrected chi connectivity index (χ3v) is 6.26. The zero-order valence-electron chi connectivity index (χ0n) is 12.8. The second kappa shape index (κ2) is 4.11. The third-order valence-electron chi connectivity index (χ3n) is 6.26. The van der Waals surface area contributed by atoms with Gasteiger partial charge in [0.15, 0.2) is 0 Å². The minimum atomic E-state index is -0.341. The van der Waals surface area contributed by atoms with Gasteiger partial charge < -0.3 is 4.74 Å². The molecular formula is C18H26O2. The van der Waals surface area contributed by atoms with Crippen molar-refractivity contribution in [1.82, 2.24) is 0 Å². The fourth-order valence-electron chi connectivity index (χ4n) is 5.98. The van der Waals surface area contributed by atoms with Crippen molar-refractivity contribution >= 4 is 5.97 Å². The second-order valence-electron chi connectivity index (χ2n) is 8.55. The molecule has 4 aliphatic carbocycles. The van der Waals surface area contributed by atoms with Crippen molar-refractivity contribution in [3.05, 3.63) is 12.2 Å². The maximum atomic E-state index is 12.1. The first-order valence-electron chi connectivity index (χ1n) is 8.32. The van der Waals surface area contributed by atoms with E-state index in [1.807, 2.05) is 20.8 Å². The molecule has 0 aliphatic heterocycles. The van der Waals surface area contributed by atoms with E-state index in [0.717, 1.165) is 35.5 Å². The van der Waals surface area contributed by atoms with Crippen molar-refractivity contribution in [2.75, 3.05) is 0 Å². The molecule has 0 saturated heterocycles. The Morgan fingerprint density at radius 3 is 2.50 bits per heavy atom. The van der Waals surface area contributed by atoms with E-state index in [1.54, 1.807) is 0 Å². The van der Waals surface area contributed by atoms with Crippen molar-refractivity contribution in [2.45, 2.75) is 52.1 Å². The molecule has 7 atom stereocenters. The van der Waals surface area contributed by atoms with Crippen LogP contribution in [0.5, 0.6) is 0 Å². The minimum Gasteiger partial charge on any atom is -0.460 e. The molecule has 7 unspecified atom stereocenters. The number of rotatable bonds is 2. The van der Waals surface area contributed by atoms with Crippen LogP contribution in [0.25, 0.3) is 0 Å². The molecule has 0 aromatic carbocycles. The quantitative estimate of drug-likeness (QED) is 0.435. The lowest BCUT2D eigenvalue weighted by Crippen LogP contribution is -2.33. The highest BCUT2D eigenvalue weighted by atomic mass is 16.6. The van der Waals surface area contributed by atoms with Crippen LogP contribution in [0.4, 0.5) is 0 Å². The Balaban J connectivity index is 1.43. The first kappa shape index (κ1) is 12.9. The summed E-state index contributed by atoms with van der Waals surface area (Å²) in [5.74, 6) is 5.90. The largest absolute Gasteiger partial charge is 0.460 e. The molecule has 4 bridgehead atoms. The number of hydrogen-bond acceptors (Lipinski definition) is 2. The van der Waals surface area contributed by atoms with Gasteiger partial charge in [-0.3, -0.25) is 4.79 Å². The zero-order chi connectivity index (χ0) is 14.1. The molecule has 0 amide bonds. The summed E-state index contributed by atoms with van der Waals surface area (Å²) in [5, 5.41) is 0. The van der Waals surface area contributed by atoms with Gasteiger partial charge in [-0.15, -0.1) is 0 Å². The van der Waals surface area contributed by atoms with Crippen LogP contribution in [-0.2, 0) is 9.53 Å². The van der Waals surface area contributed by atoms with Crippen molar-refractivity contribution in [3.63, 3.8) is 0 Å². The SMILES string of the molecule is CC(C)(C)OC(=O)CC1CC2CC1C1C3C=CC(C3)C21. The van der Waals surface area contributed by atoms with Gasteiger partial charge in [-0.2, -0.15) is 0 Å². The number of hydrogen-bond donors (Lipinski definition) is 0. The van der Waals surface area contributed by atoms with Gasteiger partial charge in [-0.05, 0) is 81.5 Å². The molecule has 2 nitrogen and oxygen atoms in total. The van der Waals surface area contributed by atoms with E-state index in [2.05, 4.69) is 12.2 Å². The molecule has 0 N–H and O–H groups in total. The molecule has 110 valence electrons. The van der Waals surface area contributed by atoms with Gasteiger partial charge in [0.1, 0.15) is 5.60 Å². The van der Waals surface area contributed by atoms with Crippen molar-refractivity contribution in [2.24, 2.45) is 41.4 Å². The van der Waals surface area contributed by atoms with Gasteiger partial charge in [0.05, 0.1) is 0 Å². The monoisotopic (exact) mass is 274 g/mol. The minimum absolute atomic E-state index is 0.0188. The summed E-state index contributed by atoms with van der Waals surface area (Å²) < 4.78 is 5.53. The number of ether oxygens (including phenoxy) is 1. The molecule has 3 fully saturated rings. The van der Waals surface area contributed by atoms with E-state index in [-0.39, 0.29) is 11.6 Å².